The third-order valence-electron chi connectivity index (χ3n) is 3.77. The molecule has 0 aromatic carbocycles. The molecule has 0 aliphatic carbocycles. The Bertz CT molecular complexity index is 342. The summed E-state index contributed by atoms with van der Waals surface area (Å²) in [6.07, 6.45) is 3.83. The third kappa shape index (κ3) is 3.30. The number of likely N-dealkylation sites (N-methyl/N-ethyl adjacent to an activating group) is 1. The molecule has 0 bridgehead atoms. The normalized spacial score (nSPS) is 22.2. The highest BCUT2D eigenvalue weighted by Gasteiger charge is 2.20. The van der Waals surface area contributed by atoms with Gasteiger partial charge in [0, 0.05) is 28.4 Å². The van der Waals surface area contributed by atoms with Gasteiger partial charge in [0.2, 0.25) is 0 Å². The highest BCUT2D eigenvalue weighted by atomic mass is 32.1. The van der Waals surface area contributed by atoms with Crippen molar-refractivity contribution in [2.75, 3.05) is 20.1 Å². The van der Waals surface area contributed by atoms with Gasteiger partial charge in [-0.15, -0.1) is 11.3 Å². The number of nitrogens with one attached hydrogen (secondary N) is 1. The van der Waals surface area contributed by atoms with Gasteiger partial charge in [-0.25, -0.2) is 0 Å². The van der Waals surface area contributed by atoms with Crippen LogP contribution in [0.15, 0.2) is 12.1 Å². The smallest absolute Gasteiger partial charge is 0.0411 e. The van der Waals surface area contributed by atoms with Gasteiger partial charge in [0.15, 0.2) is 0 Å². The van der Waals surface area contributed by atoms with E-state index < -0.39 is 0 Å². The Hall–Kier alpha value is -0.380. The number of aryl methyl sites for hydroxylation is 1. The van der Waals surface area contributed by atoms with Crippen LogP contribution < -0.4 is 5.32 Å². The maximum Gasteiger partial charge on any atom is 0.0411 e. The number of thiophene rings is 1. The SMILES string of the molecule is CCc1ccc(C(C)N(C)CC2CCCN2)s1. The van der Waals surface area contributed by atoms with Gasteiger partial charge in [0.1, 0.15) is 0 Å². The standard InChI is InChI=1S/C14H24N2S/c1-4-13-7-8-14(17-13)11(2)16(3)10-12-6-5-9-15-12/h7-8,11-12,15H,4-6,9-10H2,1-3H3. The molecule has 17 heavy (non-hydrogen) atoms. The summed E-state index contributed by atoms with van der Waals surface area (Å²) in [7, 11) is 2.25. The zero-order chi connectivity index (χ0) is 12.3. The fourth-order valence-electron chi connectivity index (χ4n) is 2.44. The predicted octanol–water partition coefficient (Wildman–Crippen LogP) is 3.06. The van der Waals surface area contributed by atoms with E-state index in [2.05, 4.69) is 43.2 Å². The van der Waals surface area contributed by atoms with Crippen molar-refractivity contribution in [3.8, 4) is 0 Å². The lowest BCUT2D eigenvalue weighted by Gasteiger charge is -2.26. The second-order valence-corrected chi connectivity index (χ2v) is 6.27. The summed E-state index contributed by atoms with van der Waals surface area (Å²) in [6, 6.07) is 5.82. The Morgan fingerprint density at radius 2 is 2.35 bits per heavy atom. The molecule has 1 saturated heterocycles. The predicted molar refractivity (Wildman–Crippen MR) is 75.8 cm³/mol. The maximum atomic E-state index is 3.57. The molecular weight excluding hydrogens is 228 g/mol. The van der Waals surface area contributed by atoms with Crippen molar-refractivity contribution in [2.24, 2.45) is 0 Å². The van der Waals surface area contributed by atoms with Gasteiger partial charge in [-0.3, -0.25) is 4.90 Å². The van der Waals surface area contributed by atoms with Gasteiger partial charge in [-0.05, 0) is 51.9 Å². The molecule has 0 radical (unpaired) electrons. The molecule has 1 N–H and O–H groups in total. The highest BCUT2D eigenvalue weighted by molar-refractivity contribution is 7.12. The molecule has 2 unspecified atom stereocenters. The van der Waals surface area contributed by atoms with Crippen LogP contribution in [0.2, 0.25) is 0 Å². The summed E-state index contributed by atoms with van der Waals surface area (Å²) in [5, 5.41) is 3.57. The van der Waals surface area contributed by atoms with Crippen LogP contribution in [-0.2, 0) is 6.42 Å². The van der Waals surface area contributed by atoms with E-state index in [1.165, 1.54) is 35.7 Å². The van der Waals surface area contributed by atoms with Crippen molar-refractivity contribution in [3.63, 3.8) is 0 Å². The Kier molecular flexibility index (Phi) is 4.60. The minimum Gasteiger partial charge on any atom is -0.313 e. The van der Waals surface area contributed by atoms with E-state index in [1.54, 1.807) is 0 Å². The van der Waals surface area contributed by atoms with Gasteiger partial charge < -0.3 is 5.32 Å². The summed E-state index contributed by atoms with van der Waals surface area (Å²) in [5.74, 6) is 0. The molecule has 1 aromatic heterocycles. The summed E-state index contributed by atoms with van der Waals surface area (Å²) in [6.45, 7) is 6.92. The Balaban J connectivity index is 1.91. The van der Waals surface area contributed by atoms with Gasteiger partial charge in [-0.1, -0.05) is 6.92 Å². The van der Waals surface area contributed by atoms with E-state index in [1.807, 2.05) is 11.3 Å². The van der Waals surface area contributed by atoms with Crippen LogP contribution in [0.4, 0.5) is 0 Å². The van der Waals surface area contributed by atoms with Gasteiger partial charge >= 0.3 is 0 Å². The van der Waals surface area contributed by atoms with Crippen molar-refractivity contribution in [1.29, 1.82) is 0 Å². The van der Waals surface area contributed by atoms with Gasteiger partial charge in [0.05, 0.1) is 0 Å². The molecule has 1 fully saturated rings. The average molecular weight is 252 g/mol. The first-order valence-electron chi connectivity index (χ1n) is 6.73. The second kappa shape index (κ2) is 5.98. The first-order valence-corrected chi connectivity index (χ1v) is 7.54. The summed E-state index contributed by atoms with van der Waals surface area (Å²) in [5.41, 5.74) is 0. The Labute approximate surface area is 109 Å². The molecule has 0 amide bonds. The number of hydrogen-bond donors (Lipinski definition) is 1. The zero-order valence-corrected chi connectivity index (χ0v) is 12.0. The van der Waals surface area contributed by atoms with E-state index in [-0.39, 0.29) is 0 Å². The summed E-state index contributed by atoms with van der Waals surface area (Å²) < 4.78 is 0. The molecule has 0 spiro atoms. The molecule has 1 aromatic rings. The first-order chi connectivity index (χ1) is 8.20. The lowest BCUT2D eigenvalue weighted by molar-refractivity contribution is 0.241. The van der Waals surface area contributed by atoms with Crippen LogP contribution in [0.1, 0.15) is 42.5 Å². The molecular formula is C14H24N2S. The van der Waals surface area contributed by atoms with Crippen molar-refractivity contribution < 1.29 is 0 Å². The summed E-state index contributed by atoms with van der Waals surface area (Å²) >= 11 is 1.97. The quantitative estimate of drug-likeness (QED) is 0.866. The number of rotatable bonds is 5. The molecule has 0 saturated carbocycles. The molecule has 2 heterocycles. The van der Waals surface area contributed by atoms with Crippen LogP contribution in [0.5, 0.6) is 0 Å². The topological polar surface area (TPSA) is 15.3 Å². The minimum atomic E-state index is 0.544. The van der Waals surface area contributed by atoms with Crippen LogP contribution in [0.25, 0.3) is 0 Å². The average Bonchev–Trinajstić information content (AvgIpc) is 2.98. The fraction of sp³-hybridized carbons (Fsp3) is 0.714. The molecule has 1 aliphatic rings. The molecule has 2 rings (SSSR count). The zero-order valence-electron chi connectivity index (χ0n) is 11.2. The Morgan fingerprint density at radius 3 is 2.94 bits per heavy atom. The molecule has 1 aliphatic heterocycles. The van der Waals surface area contributed by atoms with E-state index in [4.69, 9.17) is 0 Å². The van der Waals surface area contributed by atoms with Crippen LogP contribution in [0.3, 0.4) is 0 Å². The molecule has 96 valence electrons. The largest absolute Gasteiger partial charge is 0.313 e. The van der Waals surface area contributed by atoms with E-state index in [9.17, 15) is 0 Å². The maximum absolute atomic E-state index is 3.57. The van der Waals surface area contributed by atoms with Crippen LogP contribution in [-0.4, -0.2) is 31.1 Å². The van der Waals surface area contributed by atoms with Crippen LogP contribution >= 0.6 is 11.3 Å². The summed E-state index contributed by atoms with van der Waals surface area (Å²) in [4.78, 5) is 5.48. The third-order valence-corrected chi connectivity index (χ3v) is 5.17. The fourth-order valence-corrected chi connectivity index (χ4v) is 3.51. The first kappa shape index (κ1) is 13.1. The highest BCUT2D eigenvalue weighted by Crippen LogP contribution is 2.27. The van der Waals surface area contributed by atoms with Gasteiger partial charge in [0.25, 0.3) is 0 Å². The number of hydrogen-bond acceptors (Lipinski definition) is 3. The second-order valence-electron chi connectivity index (χ2n) is 5.07. The van der Waals surface area contributed by atoms with Crippen molar-refractivity contribution in [3.05, 3.63) is 21.9 Å². The van der Waals surface area contributed by atoms with Gasteiger partial charge in [-0.2, -0.15) is 0 Å². The number of nitrogens with zero attached hydrogens (tertiary/aromatic N) is 1. The van der Waals surface area contributed by atoms with Crippen molar-refractivity contribution >= 4 is 11.3 Å². The van der Waals surface area contributed by atoms with Crippen molar-refractivity contribution in [2.45, 2.75) is 45.2 Å². The molecule has 2 nitrogen and oxygen atoms in total. The lowest BCUT2D eigenvalue weighted by atomic mass is 10.2. The molecule has 2 atom stereocenters. The minimum absolute atomic E-state index is 0.544. The monoisotopic (exact) mass is 252 g/mol. The van der Waals surface area contributed by atoms with Crippen molar-refractivity contribution in [1.82, 2.24) is 10.2 Å². The molecule has 3 heteroatoms. The lowest BCUT2D eigenvalue weighted by Crippen LogP contribution is -2.36. The van der Waals surface area contributed by atoms with Crippen LogP contribution in [0, 0.1) is 0 Å². The van der Waals surface area contributed by atoms with E-state index in [0.717, 1.165) is 6.42 Å². The Morgan fingerprint density at radius 1 is 1.53 bits per heavy atom. The van der Waals surface area contributed by atoms with E-state index >= 15 is 0 Å². The van der Waals surface area contributed by atoms with E-state index in [0.29, 0.717) is 12.1 Å².